The minimum atomic E-state index is -4.17. The molecule has 0 aliphatic rings. The van der Waals surface area contributed by atoms with Gasteiger partial charge in [0.25, 0.3) is 10.0 Å². The van der Waals surface area contributed by atoms with Crippen LogP contribution in [0.25, 0.3) is 11.1 Å². The molecule has 1 heterocycles. The van der Waals surface area contributed by atoms with Crippen molar-refractivity contribution in [2.75, 3.05) is 0 Å². The number of hydrogen-bond acceptors (Lipinski definition) is 5. The van der Waals surface area contributed by atoms with E-state index in [1.165, 1.54) is 41.1 Å². The summed E-state index contributed by atoms with van der Waals surface area (Å²) < 4.78 is 43.5. The average molecular weight is 459 g/mol. The third-order valence-electron chi connectivity index (χ3n) is 4.70. The lowest BCUT2D eigenvalue weighted by molar-refractivity contribution is -0.117. The second-order valence-electron chi connectivity index (χ2n) is 7.21. The summed E-state index contributed by atoms with van der Waals surface area (Å²) in [6.45, 7) is 3.19. The van der Waals surface area contributed by atoms with Crippen molar-refractivity contribution in [3.8, 4) is 11.1 Å². The molecular formula is C22H22FN3O5S. The number of aromatic nitrogens is 2. The highest BCUT2D eigenvalue weighted by Gasteiger charge is 2.22. The van der Waals surface area contributed by atoms with Crippen LogP contribution in [0, 0.1) is 5.82 Å². The Morgan fingerprint density at radius 1 is 1.12 bits per heavy atom. The lowest BCUT2D eigenvalue weighted by atomic mass is 10.0. The van der Waals surface area contributed by atoms with Gasteiger partial charge in [-0.2, -0.15) is 5.10 Å². The summed E-state index contributed by atoms with van der Waals surface area (Å²) in [5.74, 6) is -2.55. The first-order valence-electron chi connectivity index (χ1n) is 9.83. The van der Waals surface area contributed by atoms with Gasteiger partial charge in [0.05, 0.1) is 11.4 Å². The fraction of sp³-hybridized carbons (Fsp3) is 0.227. The van der Waals surface area contributed by atoms with Gasteiger partial charge in [-0.3, -0.25) is 9.48 Å². The standard InChI is InChI=1S/C22H22FN3O5S/c1-3-6-16-12-20(22(28)29)24-26(16)13-15-9-10-17(19(23)11-15)18-7-4-5-8-21(18)32(30,31)25-14(2)27/h4-5,7-12H,3,6,13H2,1-2H3,(H,25,27)(H,28,29). The van der Waals surface area contributed by atoms with Gasteiger partial charge in [-0.1, -0.05) is 43.7 Å². The molecule has 0 saturated heterocycles. The Bertz CT molecular complexity index is 1280. The van der Waals surface area contributed by atoms with E-state index in [2.05, 4.69) is 5.10 Å². The first kappa shape index (κ1) is 23.1. The van der Waals surface area contributed by atoms with Crippen LogP contribution >= 0.6 is 0 Å². The highest BCUT2D eigenvalue weighted by Crippen LogP contribution is 2.30. The molecule has 0 saturated carbocycles. The topological polar surface area (TPSA) is 118 Å². The molecule has 1 amide bonds. The third-order valence-corrected chi connectivity index (χ3v) is 6.19. The molecule has 10 heteroatoms. The maximum Gasteiger partial charge on any atom is 0.356 e. The number of nitrogens with one attached hydrogen (secondary N) is 1. The maximum absolute atomic E-state index is 15.0. The number of rotatable bonds is 8. The van der Waals surface area contributed by atoms with Crippen molar-refractivity contribution in [2.24, 2.45) is 0 Å². The number of halogens is 1. The van der Waals surface area contributed by atoms with Crippen molar-refractivity contribution < 1.29 is 27.5 Å². The van der Waals surface area contributed by atoms with Crippen molar-refractivity contribution in [1.82, 2.24) is 14.5 Å². The van der Waals surface area contributed by atoms with Crippen LogP contribution in [0.5, 0.6) is 0 Å². The molecule has 2 aromatic carbocycles. The Hall–Kier alpha value is -3.53. The molecule has 3 rings (SSSR count). The largest absolute Gasteiger partial charge is 0.476 e. The fourth-order valence-corrected chi connectivity index (χ4v) is 4.58. The zero-order chi connectivity index (χ0) is 23.5. The van der Waals surface area contributed by atoms with Gasteiger partial charge in [-0.15, -0.1) is 0 Å². The van der Waals surface area contributed by atoms with Crippen molar-refractivity contribution in [3.63, 3.8) is 0 Å². The van der Waals surface area contributed by atoms with Crippen molar-refractivity contribution >= 4 is 21.9 Å². The van der Waals surface area contributed by atoms with Gasteiger partial charge in [0.15, 0.2) is 5.69 Å². The molecule has 168 valence electrons. The third kappa shape index (κ3) is 5.02. The fourth-order valence-electron chi connectivity index (χ4n) is 3.37. The molecule has 2 N–H and O–H groups in total. The van der Waals surface area contributed by atoms with Crippen molar-refractivity contribution in [3.05, 3.63) is 71.3 Å². The smallest absolute Gasteiger partial charge is 0.356 e. The van der Waals surface area contributed by atoms with Gasteiger partial charge in [-0.05, 0) is 30.2 Å². The highest BCUT2D eigenvalue weighted by molar-refractivity contribution is 7.90. The van der Waals surface area contributed by atoms with Gasteiger partial charge < -0.3 is 5.11 Å². The summed E-state index contributed by atoms with van der Waals surface area (Å²) in [7, 11) is -4.17. The van der Waals surface area contributed by atoms with Crippen LogP contribution in [0.3, 0.4) is 0 Å². The molecule has 1 aromatic heterocycles. The number of aryl methyl sites for hydroxylation is 1. The normalized spacial score (nSPS) is 11.3. The number of hydrogen-bond donors (Lipinski definition) is 2. The number of carbonyl (C=O) groups is 2. The van der Waals surface area contributed by atoms with E-state index in [9.17, 15) is 23.1 Å². The molecule has 0 atom stereocenters. The minimum absolute atomic E-state index is 0.0544. The van der Waals surface area contributed by atoms with Gasteiger partial charge in [0.2, 0.25) is 5.91 Å². The molecule has 8 nitrogen and oxygen atoms in total. The van der Waals surface area contributed by atoms with E-state index in [1.54, 1.807) is 12.1 Å². The summed E-state index contributed by atoms with van der Waals surface area (Å²) in [6.07, 6.45) is 1.41. The minimum Gasteiger partial charge on any atom is -0.476 e. The predicted molar refractivity (Wildman–Crippen MR) is 115 cm³/mol. The van der Waals surface area contributed by atoms with E-state index in [0.29, 0.717) is 12.0 Å². The van der Waals surface area contributed by atoms with E-state index in [0.717, 1.165) is 19.0 Å². The zero-order valence-corrected chi connectivity index (χ0v) is 18.3. The quantitative estimate of drug-likeness (QED) is 0.534. The number of benzene rings is 2. The van der Waals surface area contributed by atoms with E-state index >= 15 is 4.39 Å². The van der Waals surface area contributed by atoms with E-state index in [-0.39, 0.29) is 28.3 Å². The average Bonchev–Trinajstić information content (AvgIpc) is 3.10. The maximum atomic E-state index is 15.0. The number of sulfonamides is 1. The molecule has 0 aliphatic heterocycles. The van der Waals surface area contributed by atoms with Gasteiger partial charge in [-0.25, -0.2) is 22.3 Å². The molecule has 32 heavy (non-hydrogen) atoms. The van der Waals surface area contributed by atoms with Crippen LogP contribution in [-0.2, 0) is 27.8 Å². The zero-order valence-electron chi connectivity index (χ0n) is 17.5. The van der Waals surface area contributed by atoms with Crippen LogP contribution in [0.1, 0.15) is 42.0 Å². The van der Waals surface area contributed by atoms with E-state index in [1.807, 2.05) is 11.6 Å². The first-order valence-corrected chi connectivity index (χ1v) is 11.3. The molecule has 0 fully saturated rings. The summed E-state index contributed by atoms with van der Waals surface area (Å²) in [6, 6.07) is 11.6. The molecular weight excluding hydrogens is 437 g/mol. The summed E-state index contributed by atoms with van der Waals surface area (Å²) >= 11 is 0. The summed E-state index contributed by atoms with van der Waals surface area (Å²) in [5, 5.41) is 13.3. The van der Waals surface area contributed by atoms with Crippen LogP contribution in [0.4, 0.5) is 4.39 Å². The number of carboxylic acids is 1. The first-order chi connectivity index (χ1) is 15.1. The number of nitrogens with zero attached hydrogens (tertiary/aromatic N) is 2. The lowest BCUT2D eigenvalue weighted by Gasteiger charge is -2.13. The van der Waals surface area contributed by atoms with Crippen LogP contribution in [0.15, 0.2) is 53.4 Å². The van der Waals surface area contributed by atoms with Gasteiger partial charge in [0, 0.05) is 23.7 Å². The van der Waals surface area contributed by atoms with Crippen molar-refractivity contribution in [2.45, 2.75) is 38.1 Å². The Balaban J connectivity index is 1.98. The monoisotopic (exact) mass is 459 g/mol. The summed E-state index contributed by atoms with van der Waals surface area (Å²) in [4.78, 5) is 22.3. The van der Waals surface area contributed by atoms with E-state index in [4.69, 9.17) is 0 Å². The Labute approximate surface area is 184 Å². The second-order valence-corrected chi connectivity index (χ2v) is 8.86. The molecule has 0 aliphatic carbocycles. The number of aromatic carboxylic acids is 1. The SMILES string of the molecule is CCCc1cc(C(=O)O)nn1Cc1ccc(-c2ccccc2S(=O)(=O)NC(C)=O)c(F)c1. The highest BCUT2D eigenvalue weighted by atomic mass is 32.2. The molecule has 0 bridgehead atoms. The lowest BCUT2D eigenvalue weighted by Crippen LogP contribution is -2.28. The van der Waals surface area contributed by atoms with E-state index < -0.39 is 27.7 Å². The Morgan fingerprint density at radius 2 is 1.84 bits per heavy atom. The summed E-state index contributed by atoms with van der Waals surface area (Å²) in [5.41, 5.74) is 1.34. The number of carboxylic acid groups (broad SMARTS) is 1. The molecule has 0 spiro atoms. The number of carbonyl (C=O) groups excluding carboxylic acids is 1. The Morgan fingerprint density at radius 3 is 2.47 bits per heavy atom. The van der Waals surface area contributed by atoms with Crippen molar-refractivity contribution in [1.29, 1.82) is 0 Å². The predicted octanol–water partition coefficient (Wildman–Crippen LogP) is 3.21. The van der Waals surface area contributed by atoms with Crippen LogP contribution in [0.2, 0.25) is 0 Å². The molecule has 0 radical (unpaired) electrons. The second kappa shape index (κ2) is 9.31. The van der Waals surface area contributed by atoms with Gasteiger partial charge >= 0.3 is 5.97 Å². The molecule has 3 aromatic rings. The molecule has 0 unspecified atom stereocenters. The van der Waals surface area contributed by atoms with Crippen LogP contribution < -0.4 is 4.72 Å². The van der Waals surface area contributed by atoms with Crippen LogP contribution in [-0.4, -0.2) is 35.2 Å². The Kier molecular flexibility index (Phi) is 6.73. The van der Waals surface area contributed by atoms with Gasteiger partial charge in [0.1, 0.15) is 5.82 Å². The number of amides is 1.